The van der Waals surface area contributed by atoms with Crippen LogP contribution in [0.1, 0.15) is 0 Å². The highest BCUT2D eigenvalue weighted by molar-refractivity contribution is 6.12. The van der Waals surface area contributed by atoms with Gasteiger partial charge in [0.25, 0.3) is 0 Å². The molecule has 0 bridgehead atoms. The van der Waals surface area contributed by atoms with E-state index in [9.17, 15) is 0 Å². The topological polar surface area (TPSA) is 9.86 Å². The Hall–Kier alpha value is -6.04. The molecule has 9 aromatic rings. The molecule has 204 valence electrons. The van der Waals surface area contributed by atoms with E-state index in [0.717, 1.165) is 27.8 Å². The lowest BCUT2D eigenvalue weighted by Gasteiger charge is -2.09. The minimum Gasteiger partial charge on any atom is -0.309 e. The van der Waals surface area contributed by atoms with Crippen LogP contribution in [0.3, 0.4) is 0 Å². The van der Waals surface area contributed by atoms with Gasteiger partial charge < -0.3 is 9.13 Å². The third-order valence-electron chi connectivity index (χ3n) is 8.75. The van der Waals surface area contributed by atoms with Gasteiger partial charge in [-0.15, -0.1) is 0 Å². The monoisotopic (exact) mass is 558 g/mol. The maximum absolute atomic E-state index is 3.46. The van der Waals surface area contributed by atoms with Crippen molar-refractivity contribution < 1.29 is 0 Å². The Kier molecular flexibility index (Phi) is 5.45. The average Bonchev–Trinajstić information content (AvgIpc) is 3.61. The second-order valence-electron chi connectivity index (χ2n) is 11.3. The molecule has 0 aliphatic carbocycles. The molecule has 0 spiro atoms. The van der Waals surface area contributed by atoms with Gasteiger partial charge in [0.1, 0.15) is 0 Å². The first-order valence-corrected chi connectivity index (χ1v) is 15.0. The summed E-state index contributed by atoms with van der Waals surface area (Å²) in [4.78, 5) is 0. The standard InChI is InChI=1S/C42H26N2/c1-3-11-29(12-4-1)30-19-23-34(24-20-30)44-40-18-10-8-16-36(40)38-28-32(22-26-42(38)44)31-21-25-41-37(27-31)35-15-7-9-17-39(35)43(41)33-13-5-2-6-14-33/h1-19,21-23,25-28H. The van der Waals surface area contributed by atoms with E-state index in [4.69, 9.17) is 0 Å². The summed E-state index contributed by atoms with van der Waals surface area (Å²) in [7, 11) is 0. The van der Waals surface area contributed by atoms with Gasteiger partial charge in [-0.2, -0.15) is 0 Å². The van der Waals surface area contributed by atoms with Crippen molar-refractivity contribution in [1.82, 2.24) is 9.13 Å². The Balaban J connectivity index is 1.20. The predicted octanol–water partition coefficient (Wildman–Crippen LogP) is 10.8. The van der Waals surface area contributed by atoms with Crippen molar-refractivity contribution in [3.8, 4) is 33.6 Å². The van der Waals surface area contributed by atoms with Gasteiger partial charge >= 0.3 is 0 Å². The Bertz CT molecular complexity index is 2460. The molecule has 2 nitrogen and oxygen atoms in total. The Morgan fingerprint density at radius 3 is 1.48 bits per heavy atom. The maximum atomic E-state index is 3.46. The van der Waals surface area contributed by atoms with Crippen molar-refractivity contribution in [3.63, 3.8) is 0 Å². The van der Waals surface area contributed by atoms with E-state index < -0.39 is 0 Å². The maximum Gasteiger partial charge on any atom is 0.0974 e. The molecule has 0 saturated carbocycles. The van der Waals surface area contributed by atoms with Crippen molar-refractivity contribution in [2.45, 2.75) is 0 Å². The molecule has 0 saturated heterocycles. The molecule has 0 unspecified atom stereocenters. The van der Waals surface area contributed by atoms with Gasteiger partial charge in [-0.3, -0.25) is 0 Å². The van der Waals surface area contributed by atoms with Crippen molar-refractivity contribution in [1.29, 1.82) is 0 Å². The number of nitrogens with zero attached hydrogens (tertiary/aromatic N) is 2. The van der Waals surface area contributed by atoms with Crippen LogP contribution in [0.4, 0.5) is 0 Å². The molecule has 0 aliphatic rings. The van der Waals surface area contributed by atoms with Crippen LogP contribution in [0.5, 0.6) is 0 Å². The third-order valence-corrected chi connectivity index (χ3v) is 8.75. The van der Waals surface area contributed by atoms with Gasteiger partial charge in [-0.1, -0.05) is 103 Å². The molecule has 2 heteroatoms. The SMILES string of the molecule is c1c(-c2ccccc2)ccc(-n2c3ccccc3c3cc(-c4ccc5c(c4)c4ccccc4n5-c4ccccc4)ccc32)c#1. The van der Waals surface area contributed by atoms with Crippen LogP contribution in [-0.2, 0) is 0 Å². The summed E-state index contributed by atoms with van der Waals surface area (Å²) >= 11 is 0. The quantitative estimate of drug-likeness (QED) is 0.203. The molecule has 2 aromatic heterocycles. The van der Waals surface area contributed by atoms with E-state index >= 15 is 0 Å². The third kappa shape index (κ3) is 3.77. The number of rotatable bonds is 4. The molecule has 0 atom stereocenters. The van der Waals surface area contributed by atoms with Crippen molar-refractivity contribution in [2.24, 2.45) is 0 Å². The van der Waals surface area contributed by atoms with E-state index in [1.807, 2.05) is 6.07 Å². The molecular formula is C42H26N2. The smallest absolute Gasteiger partial charge is 0.0974 e. The normalized spacial score (nSPS) is 11.5. The summed E-state index contributed by atoms with van der Waals surface area (Å²) in [5.41, 5.74) is 11.5. The molecule has 9 rings (SSSR count). The van der Waals surface area contributed by atoms with Crippen LogP contribution in [0.2, 0.25) is 0 Å². The molecule has 0 fully saturated rings. The fraction of sp³-hybridized carbons (Fsp3) is 0. The Labute approximate surface area is 255 Å². The second-order valence-corrected chi connectivity index (χ2v) is 11.3. The minimum atomic E-state index is 0.985. The highest BCUT2D eigenvalue weighted by Crippen LogP contribution is 2.38. The number of fused-ring (bicyclic) bond motifs is 6. The fourth-order valence-electron chi connectivity index (χ4n) is 6.71. The summed E-state index contributed by atoms with van der Waals surface area (Å²) < 4.78 is 4.66. The van der Waals surface area contributed by atoms with E-state index in [0.29, 0.717) is 0 Å². The van der Waals surface area contributed by atoms with Gasteiger partial charge in [0.15, 0.2) is 0 Å². The van der Waals surface area contributed by atoms with E-state index in [1.54, 1.807) is 0 Å². The minimum absolute atomic E-state index is 0.985. The molecular weight excluding hydrogens is 532 g/mol. The fourth-order valence-corrected chi connectivity index (χ4v) is 6.71. The summed E-state index contributed by atoms with van der Waals surface area (Å²) in [6.45, 7) is 0. The molecule has 44 heavy (non-hydrogen) atoms. The van der Waals surface area contributed by atoms with Crippen LogP contribution in [-0.4, -0.2) is 9.13 Å². The lowest BCUT2D eigenvalue weighted by Crippen LogP contribution is -1.93. The summed E-state index contributed by atoms with van der Waals surface area (Å²) in [5.74, 6) is 0. The van der Waals surface area contributed by atoms with Gasteiger partial charge in [0, 0.05) is 32.8 Å². The van der Waals surface area contributed by atoms with Crippen LogP contribution in [0, 0.1) is 12.1 Å². The molecule has 0 radical (unpaired) electrons. The van der Waals surface area contributed by atoms with E-state index in [1.165, 1.54) is 49.4 Å². The first-order valence-electron chi connectivity index (χ1n) is 15.0. The van der Waals surface area contributed by atoms with E-state index in [2.05, 4.69) is 173 Å². The van der Waals surface area contributed by atoms with Gasteiger partial charge in [-0.25, -0.2) is 0 Å². The zero-order valence-electron chi connectivity index (χ0n) is 23.9. The number of aromatic nitrogens is 2. The first-order chi connectivity index (χ1) is 21.8. The first kappa shape index (κ1) is 24.5. The average molecular weight is 559 g/mol. The van der Waals surface area contributed by atoms with E-state index in [-0.39, 0.29) is 0 Å². The second kappa shape index (κ2) is 9.76. The lowest BCUT2D eigenvalue weighted by molar-refractivity contribution is 1.18. The number of para-hydroxylation sites is 3. The van der Waals surface area contributed by atoms with Gasteiger partial charge in [-0.05, 0) is 83.4 Å². The van der Waals surface area contributed by atoms with Crippen LogP contribution in [0.25, 0.3) is 77.2 Å². The lowest BCUT2D eigenvalue weighted by atomic mass is 10.0. The molecule has 0 N–H and O–H groups in total. The highest BCUT2D eigenvalue weighted by atomic mass is 15.0. The summed E-state index contributed by atoms with van der Waals surface area (Å²) in [6.07, 6.45) is 0. The zero-order chi connectivity index (χ0) is 29.0. The van der Waals surface area contributed by atoms with Crippen LogP contribution >= 0.6 is 0 Å². The molecule has 0 amide bonds. The largest absolute Gasteiger partial charge is 0.309 e. The van der Waals surface area contributed by atoms with Crippen LogP contribution < -0.4 is 0 Å². The molecule has 7 aromatic carbocycles. The summed E-state index contributed by atoms with van der Waals surface area (Å²) in [5, 5.41) is 4.97. The molecule has 2 heterocycles. The number of hydrogen-bond acceptors (Lipinski definition) is 0. The van der Waals surface area contributed by atoms with Crippen molar-refractivity contribution in [3.05, 3.63) is 170 Å². The number of benzene rings is 6. The zero-order valence-corrected chi connectivity index (χ0v) is 23.9. The van der Waals surface area contributed by atoms with Gasteiger partial charge in [0.05, 0.1) is 27.8 Å². The Morgan fingerprint density at radius 1 is 0.341 bits per heavy atom. The van der Waals surface area contributed by atoms with Crippen LogP contribution in [0.15, 0.2) is 158 Å². The van der Waals surface area contributed by atoms with Gasteiger partial charge in [0.2, 0.25) is 0 Å². The number of hydrogen-bond donors (Lipinski definition) is 0. The summed E-state index contributed by atoms with van der Waals surface area (Å²) in [6, 6.07) is 63.2. The highest BCUT2D eigenvalue weighted by Gasteiger charge is 2.16. The molecule has 0 aliphatic heterocycles. The van der Waals surface area contributed by atoms with Crippen molar-refractivity contribution >= 4 is 43.6 Å². The predicted molar refractivity (Wildman–Crippen MR) is 184 cm³/mol. The van der Waals surface area contributed by atoms with Crippen molar-refractivity contribution in [2.75, 3.05) is 0 Å². The Morgan fingerprint density at radius 2 is 0.864 bits per heavy atom.